The lowest BCUT2D eigenvalue weighted by Gasteiger charge is -2.08. The van der Waals surface area contributed by atoms with Crippen LogP contribution >= 0.6 is 11.3 Å². The lowest BCUT2D eigenvalue weighted by Crippen LogP contribution is -2.02. The van der Waals surface area contributed by atoms with Crippen molar-refractivity contribution in [2.24, 2.45) is 0 Å². The third-order valence-electron chi connectivity index (χ3n) is 3.66. The Kier molecular flexibility index (Phi) is 4.63. The summed E-state index contributed by atoms with van der Waals surface area (Å²) in [6.07, 6.45) is 0.812. The van der Waals surface area contributed by atoms with Gasteiger partial charge in [-0.1, -0.05) is 29.8 Å². The van der Waals surface area contributed by atoms with Crippen LogP contribution in [-0.2, 0) is 6.42 Å². The number of nitrogens with two attached hydrogens (primary N) is 1. The van der Waals surface area contributed by atoms with Crippen molar-refractivity contribution >= 4 is 17.0 Å². The SMILES string of the molecule is Cc1ccc(OCCc2nc(-c3ccc(N)cc3)cs2)c(C)c1. The van der Waals surface area contributed by atoms with Gasteiger partial charge in [-0.05, 0) is 37.6 Å². The minimum Gasteiger partial charge on any atom is -0.493 e. The van der Waals surface area contributed by atoms with Gasteiger partial charge in [-0.3, -0.25) is 0 Å². The molecule has 0 aliphatic carbocycles. The Balaban J connectivity index is 1.60. The maximum Gasteiger partial charge on any atom is 0.122 e. The van der Waals surface area contributed by atoms with Crippen molar-refractivity contribution in [1.82, 2.24) is 4.98 Å². The number of hydrogen-bond donors (Lipinski definition) is 1. The number of thiazole rings is 1. The van der Waals surface area contributed by atoms with Gasteiger partial charge in [0.05, 0.1) is 17.3 Å². The number of nitrogens with zero attached hydrogens (tertiary/aromatic N) is 1. The minimum absolute atomic E-state index is 0.637. The number of aryl methyl sites for hydroxylation is 2. The van der Waals surface area contributed by atoms with E-state index in [-0.39, 0.29) is 0 Å². The first-order chi connectivity index (χ1) is 11.1. The number of hydrogen-bond acceptors (Lipinski definition) is 4. The van der Waals surface area contributed by atoms with Gasteiger partial charge in [0.15, 0.2) is 0 Å². The third kappa shape index (κ3) is 3.90. The fourth-order valence-corrected chi connectivity index (χ4v) is 3.21. The molecule has 2 N–H and O–H groups in total. The molecule has 0 aliphatic heterocycles. The molecular weight excluding hydrogens is 304 g/mol. The Morgan fingerprint density at radius 1 is 1.09 bits per heavy atom. The molecule has 118 valence electrons. The van der Waals surface area contributed by atoms with Crippen LogP contribution < -0.4 is 10.5 Å². The smallest absolute Gasteiger partial charge is 0.122 e. The molecule has 0 radical (unpaired) electrons. The normalized spacial score (nSPS) is 10.7. The molecule has 3 nitrogen and oxygen atoms in total. The maximum absolute atomic E-state index is 5.88. The van der Waals surface area contributed by atoms with Gasteiger partial charge in [-0.2, -0.15) is 0 Å². The highest BCUT2D eigenvalue weighted by molar-refractivity contribution is 7.09. The zero-order valence-corrected chi connectivity index (χ0v) is 14.2. The lowest BCUT2D eigenvalue weighted by atomic mass is 10.1. The minimum atomic E-state index is 0.637. The topological polar surface area (TPSA) is 48.1 Å². The summed E-state index contributed by atoms with van der Waals surface area (Å²) in [7, 11) is 0. The zero-order valence-electron chi connectivity index (χ0n) is 13.4. The predicted octanol–water partition coefficient (Wildman–Crippen LogP) is 4.63. The first-order valence-electron chi connectivity index (χ1n) is 7.62. The largest absolute Gasteiger partial charge is 0.493 e. The van der Waals surface area contributed by atoms with Crippen LogP contribution in [0.15, 0.2) is 47.8 Å². The average Bonchev–Trinajstić information content (AvgIpc) is 2.99. The summed E-state index contributed by atoms with van der Waals surface area (Å²) in [6, 6.07) is 14.0. The fourth-order valence-electron chi connectivity index (χ4n) is 2.42. The van der Waals surface area contributed by atoms with E-state index in [1.807, 2.05) is 30.3 Å². The van der Waals surface area contributed by atoms with E-state index in [1.54, 1.807) is 11.3 Å². The summed E-state index contributed by atoms with van der Waals surface area (Å²) in [6.45, 7) is 4.80. The highest BCUT2D eigenvalue weighted by atomic mass is 32.1. The molecule has 0 amide bonds. The number of rotatable bonds is 5. The van der Waals surface area contributed by atoms with Gasteiger partial charge in [-0.25, -0.2) is 4.98 Å². The molecule has 0 unspecified atom stereocenters. The third-order valence-corrected chi connectivity index (χ3v) is 4.57. The van der Waals surface area contributed by atoms with E-state index < -0.39 is 0 Å². The van der Waals surface area contributed by atoms with E-state index in [0.717, 1.165) is 34.1 Å². The van der Waals surface area contributed by atoms with E-state index in [2.05, 4.69) is 36.3 Å². The van der Waals surface area contributed by atoms with Crippen LogP contribution in [-0.4, -0.2) is 11.6 Å². The summed E-state index contributed by atoms with van der Waals surface area (Å²) in [4.78, 5) is 4.68. The quantitative estimate of drug-likeness (QED) is 0.696. The van der Waals surface area contributed by atoms with Crippen LogP contribution in [0.5, 0.6) is 5.75 Å². The van der Waals surface area contributed by atoms with Gasteiger partial charge in [0, 0.05) is 23.1 Å². The van der Waals surface area contributed by atoms with Crippen molar-refractivity contribution in [2.75, 3.05) is 12.3 Å². The Morgan fingerprint density at radius 3 is 2.61 bits per heavy atom. The van der Waals surface area contributed by atoms with Crippen LogP contribution in [0.4, 0.5) is 5.69 Å². The van der Waals surface area contributed by atoms with Crippen LogP contribution in [0.2, 0.25) is 0 Å². The van der Waals surface area contributed by atoms with Crippen LogP contribution in [0.1, 0.15) is 16.1 Å². The second-order valence-electron chi connectivity index (χ2n) is 5.62. The second kappa shape index (κ2) is 6.84. The molecule has 0 spiro atoms. The van der Waals surface area contributed by atoms with Gasteiger partial charge in [-0.15, -0.1) is 11.3 Å². The molecule has 4 heteroatoms. The number of nitrogen functional groups attached to an aromatic ring is 1. The molecule has 0 bridgehead atoms. The molecule has 2 aromatic carbocycles. The number of aromatic nitrogens is 1. The standard InChI is InChI=1S/C19H20N2OS/c1-13-3-8-18(14(2)11-13)22-10-9-19-21-17(12-23-19)15-4-6-16(20)7-5-15/h3-8,11-12H,9-10,20H2,1-2H3. The molecule has 0 fully saturated rings. The zero-order chi connectivity index (χ0) is 16.2. The summed E-state index contributed by atoms with van der Waals surface area (Å²) in [5.74, 6) is 0.950. The molecule has 3 aromatic rings. The summed E-state index contributed by atoms with van der Waals surface area (Å²) < 4.78 is 5.88. The van der Waals surface area contributed by atoms with E-state index in [9.17, 15) is 0 Å². The number of benzene rings is 2. The highest BCUT2D eigenvalue weighted by Crippen LogP contribution is 2.24. The molecule has 0 saturated heterocycles. The summed E-state index contributed by atoms with van der Waals surface area (Å²) in [5, 5.41) is 3.17. The van der Waals surface area contributed by atoms with E-state index >= 15 is 0 Å². The van der Waals surface area contributed by atoms with Gasteiger partial charge < -0.3 is 10.5 Å². The van der Waals surface area contributed by atoms with Crippen LogP contribution in [0.3, 0.4) is 0 Å². The van der Waals surface area contributed by atoms with Crippen molar-refractivity contribution in [1.29, 1.82) is 0 Å². The fraction of sp³-hybridized carbons (Fsp3) is 0.211. The number of anilines is 1. The monoisotopic (exact) mass is 324 g/mol. The first-order valence-corrected chi connectivity index (χ1v) is 8.50. The lowest BCUT2D eigenvalue weighted by molar-refractivity contribution is 0.319. The Bertz CT molecular complexity index is 793. The maximum atomic E-state index is 5.88. The van der Waals surface area contributed by atoms with Crippen molar-refractivity contribution < 1.29 is 4.74 Å². The van der Waals surface area contributed by atoms with Crippen LogP contribution in [0.25, 0.3) is 11.3 Å². The van der Waals surface area contributed by atoms with E-state index in [1.165, 1.54) is 11.1 Å². The van der Waals surface area contributed by atoms with Gasteiger partial charge in [0.2, 0.25) is 0 Å². The highest BCUT2D eigenvalue weighted by Gasteiger charge is 2.06. The Labute approximate surface area is 140 Å². The second-order valence-corrected chi connectivity index (χ2v) is 6.56. The molecule has 1 heterocycles. The predicted molar refractivity (Wildman–Crippen MR) is 97.1 cm³/mol. The first kappa shape index (κ1) is 15.6. The van der Waals surface area contributed by atoms with Crippen molar-refractivity contribution in [3.8, 4) is 17.0 Å². The molecule has 1 aromatic heterocycles. The molecule has 0 saturated carbocycles. The van der Waals surface area contributed by atoms with Gasteiger partial charge in [0.25, 0.3) is 0 Å². The molecule has 23 heavy (non-hydrogen) atoms. The van der Waals surface area contributed by atoms with Crippen LogP contribution in [0, 0.1) is 13.8 Å². The molecular formula is C19H20N2OS. The molecule has 3 rings (SSSR count). The van der Waals surface area contributed by atoms with E-state index in [4.69, 9.17) is 10.5 Å². The van der Waals surface area contributed by atoms with Gasteiger partial charge >= 0.3 is 0 Å². The van der Waals surface area contributed by atoms with E-state index in [0.29, 0.717) is 6.61 Å². The summed E-state index contributed by atoms with van der Waals surface area (Å²) >= 11 is 1.67. The Morgan fingerprint density at radius 2 is 1.87 bits per heavy atom. The molecule has 0 aliphatic rings. The Hall–Kier alpha value is -2.33. The number of ether oxygens (including phenoxy) is 1. The average molecular weight is 324 g/mol. The summed E-state index contributed by atoms with van der Waals surface area (Å²) in [5.41, 5.74) is 11.0. The molecule has 0 atom stereocenters. The van der Waals surface area contributed by atoms with Gasteiger partial charge in [0.1, 0.15) is 5.75 Å². The van der Waals surface area contributed by atoms with Crippen molar-refractivity contribution in [3.05, 3.63) is 64.0 Å². The van der Waals surface area contributed by atoms with Crippen molar-refractivity contribution in [2.45, 2.75) is 20.3 Å². The van der Waals surface area contributed by atoms with Crippen molar-refractivity contribution in [3.63, 3.8) is 0 Å².